The minimum Gasteiger partial charge on any atom is -0.393 e. The molecule has 12 heavy (non-hydrogen) atoms. The van der Waals surface area contributed by atoms with E-state index in [9.17, 15) is 4.79 Å². The predicted molar refractivity (Wildman–Crippen MR) is 50.3 cm³/mol. The highest BCUT2D eigenvalue weighted by atomic mass is 32.1. The van der Waals surface area contributed by atoms with E-state index in [1.807, 2.05) is 0 Å². The van der Waals surface area contributed by atoms with Gasteiger partial charge >= 0.3 is 5.69 Å². The minimum atomic E-state index is -0.272. The highest BCUT2D eigenvalue weighted by Crippen LogP contribution is 2.10. The molecule has 0 aliphatic heterocycles. The molecule has 1 heterocycles. The van der Waals surface area contributed by atoms with Crippen molar-refractivity contribution in [3.63, 3.8) is 0 Å². The summed E-state index contributed by atoms with van der Waals surface area (Å²) in [6.45, 7) is 0. The SMILES string of the molecule is Cn1c(N)c(N)c(=S)n(C)c1=O. The summed E-state index contributed by atoms with van der Waals surface area (Å²) in [5, 5.41) is 0. The van der Waals surface area contributed by atoms with Gasteiger partial charge in [-0.15, -0.1) is 0 Å². The lowest BCUT2D eigenvalue weighted by atomic mass is 10.5. The van der Waals surface area contributed by atoms with Gasteiger partial charge in [0, 0.05) is 14.1 Å². The lowest BCUT2D eigenvalue weighted by Crippen LogP contribution is -2.30. The Labute approximate surface area is 74.2 Å². The number of nitrogens with two attached hydrogens (primary N) is 2. The van der Waals surface area contributed by atoms with Crippen molar-refractivity contribution in [2.75, 3.05) is 11.5 Å². The summed E-state index contributed by atoms with van der Waals surface area (Å²) >= 11 is 4.87. The zero-order chi connectivity index (χ0) is 9.46. The Kier molecular flexibility index (Phi) is 1.93. The van der Waals surface area contributed by atoms with Crippen molar-refractivity contribution in [3.8, 4) is 0 Å². The molecule has 0 unspecified atom stereocenters. The van der Waals surface area contributed by atoms with Gasteiger partial charge in [0.2, 0.25) is 0 Å². The highest BCUT2D eigenvalue weighted by molar-refractivity contribution is 7.71. The van der Waals surface area contributed by atoms with Crippen molar-refractivity contribution >= 4 is 23.7 Å². The molecule has 0 fully saturated rings. The first-order valence-corrected chi connectivity index (χ1v) is 3.68. The molecule has 0 spiro atoms. The second-order valence-electron chi connectivity index (χ2n) is 2.50. The monoisotopic (exact) mass is 186 g/mol. The molecule has 1 rings (SSSR count). The van der Waals surface area contributed by atoms with Gasteiger partial charge in [-0.2, -0.15) is 0 Å². The molecule has 0 radical (unpaired) electrons. The molecule has 0 bridgehead atoms. The maximum absolute atomic E-state index is 11.3. The number of nitrogen functional groups attached to an aromatic ring is 2. The minimum absolute atomic E-state index is 0.211. The molecule has 1 aromatic heterocycles. The van der Waals surface area contributed by atoms with Gasteiger partial charge in [0.05, 0.1) is 0 Å². The zero-order valence-corrected chi connectivity index (χ0v) is 7.68. The first kappa shape index (κ1) is 8.79. The average molecular weight is 186 g/mol. The first-order chi connectivity index (χ1) is 5.46. The van der Waals surface area contributed by atoms with Gasteiger partial charge < -0.3 is 11.5 Å². The Hall–Kier alpha value is -1.30. The Morgan fingerprint density at radius 3 is 2.25 bits per heavy atom. The van der Waals surface area contributed by atoms with Gasteiger partial charge in [0.25, 0.3) is 0 Å². The third-order valence-electron chi connectivity index (χ3n) is 1.75. The van der Waals surface area contributed by atoms with Crippen molar-refractivity contribution < 1.29 is 0 Å². The quantitative estimate of drug-likeness (QED) is 0.541. The van der Waals surface area contributed by atoms with Crippen LogP contribution in [0.5, 0.6) is 0 Å². The van der Waals surface area contributed by atoms with Gasteiger partial charge in [-0.3, -0.25) is 9.13 Å². The average Bonchev–Trinajstić information content (AvgIpc) is 2.08. The summed E-state index contributed by atoms with van der Waals surface area (Å²) in [4.78, 5) is 11.3. The molecule has 0 amide bonds. The summed E-state index contributed by atoms with van der Waals surface area (Å²) in [5.41, 5.74) is 11.1. The van der Waals surface area contributed by atoms with E-state index in [-0.39, 0.29) is 21.8 Å². The Morgan fingerprint density at radius 2 is 1.75 bits per heavy atom. The molecule has 0 atom stereocenters. The van der Waals surface area contributed by atoms with Crippen molar-refractivity contribution in [2.24, 2.45) is 14.1 Å². The van der Waals surface area contributed by atoms with Crippen LogP contribution in [0.4, 0.5) is 11.5 Å². The van der Waals surface area contributed by atoms with Crippen LogP contribution in [0, 0.1) is 4.64 Å². The molecule has 0 aromatic carbocycles. The standard InChI is InChI=1S/C6H10N4OS/c1-9-4(8)3(7)5(12)10(2)6(9)11/h7-8H2,1-2H3. The summed E-state index contributed by atoms with van der Waals surface area (Å²) in [6.07, 6.45) is 0. The lowest BCUT2D eigenvalue weighted by Gasteiger charge is -2.08. The van der Waals surface area contributed by atoms with Crippen LogP contribution in [-0.2, 0) is 14.1 Å². The van der Waals surface area contributed by atoms with Crippen molar-refractivity contribution in [1.82, 2.24) is 9.13 Å². The topological polar surface area (TPSA) is 79.0 Å². The van der Waals surface area contributed by atoms with Gasteiger partial charge in [-0.05, 0) is 0 Å². The van der Waals surface area contributed by atoms with Crippen molar-refractivity contribution in [2.45, 2.75) is 0 Å². The fourth-order valence-corrected chi connectivity index (χ4v) is 1.07. The fraction of sp³-hybridized carbons (Fsp3) is 0.333. The second-order valence-corrected chi connectivity index (χ2v) is 2.89. The molecule has 0 aliphatic carbocycles. The molecule has 1 aromatic rings. The van der Waals surface area contributed by atoms with Crippen LogP contribution in [0.25, 0.3) is 0 Å². The number of hydrogen-bond donors (Lipinski definition) is 2. The number of rotatable bonds is 0. The number of aromatic nitrogens is 2. The normalized spacial score (nSPS) is 10.2. The third kappa shape index (κ3) is 1.00. The van der Waals surface area contributed by atoms with E-state index in [2.05, 4.69) is 0 Å². The van der Waals surface area contributed by atoms with Crippen LogP contribution in [0.1, 0.15) is 0 Å². The Morgan fingerprint density at radius 1 is 1.25 bits per heavy atom. The van der Waals surface area contributed by atoms with Gasteiger partial charge in [0.15, 0.2) is 0 Å². The van der Waals surface area contributed by atoms with Crippen LogP contribution in [0.3, 0.4) is 0 Å². The fourth-order valence-electron chi connectivity index (χ4n) is 0.886. The van der Waals surface area contributed by atoms with E-state index < -0.39 is 0 Å². The summed E-state index contributed by atoms with van der Waals surface area (Å²) < 4.78 is 2.81. The first-order valence-electron chi connectivity index (χ1n) is 3.27. The van der Waals surface area contributed by atoms with E-state index in [1.54, 1.807) is 14.1 Å². The summed E-state index contributed by atoms with van der Waals surface area (Å²) in [5.74, 6) is 0.211. The zero-order valence-electron chi connectivity index (χ0n) is 6.87. The molecular weight excluding hydrogens is 176 g/mol. The summed E-state index contributed by atoms with van der Waals surface area (Å²) in [6, 6.07) is 0. The molecule has 66 valence electrons. The van der Waals surface area contributed by atoms with Crippen molar-refractivity contribution in [1.29, 1.82) is 0 Å². The van der Waals surface area contributed by atoms with Gasteiger partial charge in [-0.1, -0.05) is 12.2 Å². The molecule has 6 heteroatoms. The Bertz CT molecular complexity index is 393. The largest absolute Gasteiger partial charge is 0.393 e. The van der Waals surface area contributed by atoms with E-state index in [4.69, 9.17) is 23.7 Å². The van der Waals surface area contributed by atoms with Crippen LogP contribution in [0.2, 0.25) is 0 Å². The maximum Gasteiger partial charge on any atom is 0.330 e. The van der Waals surface area contributed by atoms with Gasteiger partial charge in [-0.25, -0.2) is 4.79 Å². The van der Waals surface area contributed by atoms with Gasteiger partial charge in [0.1, 0.15) is 16.1 Å². The van der Waals surface area contributed by atoms with Crippen LogP contribution >= 0.6 is 12.2 Å². The van der Waals surface area contributed by atoms with Crippen LogP contribution < -0.4 is 17.2 Å². The second kappa shape index (κ2) is 2.63. The number of nitrogens with zero attached hydrogens (tertiary/aromatic N) is 2. The molecule has 0 saturated carbocycles. The van der Waals surface area contributed by atoms with E-state index in [0.717, 1.165) is 0 Å². The molecule has 4 N–H and O–H groups in total. The number of anilines is 2. The van der Waals surface area contributed by atoms with E-state index in [1.165, 1.54) is 9.13 Å². The van der Waals surface area contributed by atoms with E-state index >= 15 is 0 Å². The molecular formula is C6H10N4OS. The van der Waals surface area contributed by atoms with Crippen LogP contribution in [0.15, 0.2) is 4.79 Å². The maximum atomic E-state index is 11.3. The molecule has 0 aliphatic rings. The summed E-state index contributed by atoms with van der Waals surface area (Å²) in [7, 11) is 3.10. The van der Waals surface area contributed by atoms with Crippen molar-refractivity contribution in [3.05, 3.63) is 15.1 Å². The van der Waals surface area contributed by atoms with E-state index in [0.29, 0.717) is 0 Å². The Balaban J connectivity index is 3.86. The highest BCUT2D eigenvalue weighted by Gasteiger charge is 2.05. The van der Waals surface area contributed by atoms with Crippen LogP contribution in [-0.4, -0.2) is 9.13 Å². The lowest BCUT2D eigenvalue weighted by molar-refractivity contribution is 0.710. The predicted octanol–water partition coefficient (Wildman–Crippen LogP) is -0.382. The number of hydrogen-bond acceptors (Lipinski definition) is 4. The third-order valence-corrected chi connectivity index (χ3v) is 2.24. The smallest absolute Gasteiger partial charge is 0.330 e. The molecule has 0 saturated heterocycles. The molecule has 5 nitrogen and oxygen atoms in total.